The highest BCUT2D eigenvalue weighted by molar-refractivity contribution is 9.10. The van der Waals surface area contributed by atoms with E-state index in [1.54, 1.807) is 0 Å². The molecule has 120 valence electrons. The van der Waals surface area contributed by atoms with Crippen molar-refractivity contribution in [2.75, 3.05) is 6.54 Å². The number of carbonyl (C=O) groups is 2. The molecule has 1 aliphatic carbocycles. The van der Waals surface area contributed by atoms with Crippen LogP contribution < -0.4 is 5.32 Å². The molecular weight excluding hydrogens is 346 g/mol. The predicted octanol–water partition coefficient (Wildman–Crippen LogP) is 3.53. The van der Waals surface area contributed by atoms with Gasteiger partial charge in [0.25, 0.3) is 0 Å². The number of halogens is 1. The van der Waals surface area contributed by atoms with Gasteiger partial charge >= 0.3 is 5.97 Å². The number of rotatable bonds is 6. The first-order valence-corrected chi connectivity index (χ1v) is 8.56. The summed E-state index contributed by atoms with van der Waals surface area (Å²) in [5, 5.41) is 12.3. The van der Waals surface area contributed by atoms with E-state index in [9.17, 15) is 14.7 Å². The number of hydrogen-bond acceptors (Lipinski definition) is 2. The Bertz CT molecular complexity index is 538. The van der Waals surface area contributed by atoms with E-state index in [1.165, 1.54) is 0 Å². The zero-order valence-corrected chi connectivity index (χ0v) is 14.2. The van der Waals surface area contributed by atoms with Gasteiger partial charge in [-0.3, -0.25) is 9.59 Å². The fourth-order valence-electron chi connectivity index (χ4n) is 3.00. The van der Waals surface area contributed by atoms with Gasteiger partial charge < -0.3 is 10.4 Å². The molecule has 0 atom stereocenters. The molecule has 0 saturated heterocycles. The highest BCUT2D eigenvalue weighted by atomic mass is 79.9. The average Bonchev–Trinajstić information content (AvgIpc) is 2.53. The molecule has 1 saturated carbocycles. The molecule has 0 bridgehead atoms. The lowest BCUT2D eigenvalue weighted by molar-refractivity contribution is -0.151. The van der Waals surface area contributed by atoms with E-state index in [0.717, 1.165) is 29.3 Å². The second-order valence-corrected chi connectivity index (χ2v) is 6.87. The second kappa shape index (κ2) is 7.77. The Hall–Kier alpha value is -1.36. The number of benzene rings is 1. The fraction of sp³-hybridized carbons (Fsp3) is 0.529. The summed E-state index contributed by atoms with van der Waals surface area (Å²) in [6.45, 7) is 0.247. The van der Waals surface area contributed by atoms with E-state index in [-0.39, 0.29) is 12.5 Å². The number of aliphatic carboxylic acids is 1. The first-order valence-electron chi connectivity index (χ1n) is 7.77. The van der Waals surface area contributed by atoms with Crippen LogP contribution in [0.5, 0.6) is 0 Å². The van der Waals surface area contributed by atoms with Crippen molar-refractivity contribution in [3.05, 3.63) is 34.3 Å². The molecule has 0 heterocycles. The maximum Gasteiger partial charge on any atom is 0.311 e. The van der Waals surface area contributed by atoms with Crippen LogP contribution in [0.25, 0.3) is 0 Å². The van der Waals surface area contributed by atoms with Crippen molar-refractivity contribution in [3.8, 4) is 0 Å². The third-order valence-corrected chi connectivity index (χ3v) is 5.24. The standard InChI is InChI=1S/C17H22BrNO3/c18-14-7-3-2-6-13(14)8-9-15(20)19-12-17(16(21)22)10-4-1-5-11-17/h2-3,6-7H,1,4-5,8-12H2,(H,19,20)(H,21,22). The molecule has 1 fully saturated rings. The van der Waals surface area contributed by atoms with E-state index in [4.69, 9.17) is 0 Å². The Kier molecular flexibility index (Phi) is 6.00. The van der Waals surface area contributed by atoms with E-state index in [1.807, 2.05) is 24.3 Å². The summed E-state index contributed by atoms with van der Waals surface area (Å²) < 4.78 is 0.997. The van der Waals surface area contributed by atoms with E-state index >= 15 is 0 Å². The highest BCUT2D eigenvalue weighted by Gasteiger charge is 2.39. The van der Waals surface area contributed by atoms with Gasteiger partial charge in [0.05, 0.1) is 5.41 Å². The Labute approximate surface area is 139 Å². The summed E-state index contributed by atoms with van der Waals surface area (Å²) in [6.07, 6.45) is 5.29. The van der Waals surface area contributed by atoms with Crippen LogP contribution in [0.2, 0.25) is 0 Å². The molecular formula is C17H22BrNO3. The number of amides is 1. The SMILES string of the molecule is O=C(CCc1ccccc1Br)NCC1(C(=O)O)CCCCC1. The molecule has 5 heteroatoms. The lowest BCUT2D eigenvalue weighted by Crippen LogP contribution is -2.44. The zero-order valence-electron chi connectivity index (χ0n) is 12.6. The maximum absolute atomic E-state index is 12.0. The number of aryl methyl sites for hydroxylation is 1. The van der Waals surface area contributed by atoms with Crippen LogP contribution in [-0.4, -0.2) is 23.5 Å². The summed E-state index contributed by atoms with van der Waals surface area (Å²) in [4.78, 5) is 23.6. The van der Waals surface area contributed by atoms with E-state index in [2.05, 4.69) is 21.2 Å². The van der Waals surface area contributed by atoms with Crippen molar-refractivity contribution < 1.29 is 14.7 Å². The number of carboxylic acids is 1. The van der Waals surface area contributed by atoms with Gasteiger partial charge in [-0.05, 0) is 30.9 Å². The smallest absolute Gasteiger partial charge is 0.311 e. The topological polar surface area (TPSA) is 66.4 Å². The van der Waals surface area contributed by atoms with Gasteiger partial charge in [0.2, 0.25) is 5.91 Å². The quantitative estimate of drug-likeness (QED) is 0.807. The molecule has 1 aliphatic rings. The van der Waals surface area contributed by atoms with Crippen LogP contribution in [0.1, 0.15) is 44.1 Å². The first kappa shape index (κ1) is 17.0. The van der Waals surface area contributed by atoms with Gasteiger partial charge in [0.1, 0.15) is 0 Å². The summed E-state index contributed by atoms with van der Waals surface area (Å²) in [5.74, 6) is -0.861. The lowest BCUT2D eigenvalue weighted by atomic mass is 9.74. The van der Waals surface area contributed by atoms with Crippen molar-refractivity contribution in [2.24, 2.45) is 5.41 Å². The molecule has 1 aromatic carbocycles. The minimum absolute atomic E-state index is 0.0815. The second-order valence-electron chi connectivity index (χ2n) is 6.01. The maximum atomic E-state index is 12.0. The van der Waals surface area contributed by atoms with Gasteiger partial charge in [0.15, 0.2) is 0 Å². The highest BCUT2D eigenvalue weighted by Crippen LogP contribution is 2.36. The molecule has 0 radical (unpaired) electrons. The Morgan fingerprint density at radius 3 is 2.50 bits per heavy atom. The Morgan fingerprint density at radius 1 is 1.18 bits per heavy atom. The third-order valence-electron chi connectivity index (χ3n) is 4.47. The van der Waals surface area contributed by atoms with Crippen molar-refractivity contribution >= 4 is 27.8 Å². The van der Waals surface area contributed by atoms with Crippen molar-refractivity contribution in [1.29, 1.82) is 0 Å². The lowest BCUT2D eigenvalue weighted by Gasteiger charge is -2.33. The largest absolute Gasteiger partial charge is 0.481 e. The fourth-order valence-corrected chi connectivity index (χ4v) is 3.48. The number of carboxylic acid groups (broad SMARTS) is 1. The molecule has 2 rings (SSSR count). The average molecular weight is 368 g/mol. The van der Waals surface area contributed by atoms with Crippen molar-refractivity contribution in [1.82, 2.24) is 5.32 Å². The summed E-state index contributed by atoms with van der Waals surface area (Å²) in [6, 6.07) is 7.82. The molecule has 0 aromatic heterocycles. The van der Waals surface area contributed by atoms with Crippen molar-refractivity contribution in [2.45, 2.75) is 44.9 Å². The molecule has 0 aliphatic heterocycles. The molecule has 2 N–H and O–H groups in total. The van der Waals surface area contributed by atoms with Crippen LogP contribution >= 0.6 is 15.9 Å². The van der Waals surface area contributed by atoms with Crippen LogP contribution in [0.15, 0.2) is 28.7 Å². The Balaban J connectivity index is 1.84. The Morgan fingerprint density at radius 2 is 1.86 bits per heavy atom. The molecule has 0 spiro atoms. The number of hydrogen-bond donors (Lipinski definition) is 2. The van der Waals surface area contributed by atoms with Crippen LogP contribution in [0, 0.1) is 5.41 Å². The monoisotopic (exact) mass is 367 g/mol. The molecule has 1 amide bonds. The molecule has 4 nitrogen and oxygen atoms in total. The summed E-state index contributed by atoms with van der Waals surface area (Å²) in [5.41, 5.74) is 0.324. The molecule has 1 aromatic rings. The normalized spacial score (nSPS) is 17.0. The molecule has 0 unspecified atom stereocenters. The van der Waals surface area contributed by atoms with Crippen LogP contribution in [0.3, 0.4) is 0 Å². The zero-order chi connectivity index (χ0) is 16.0. The van der Waals surface area contributed by atoms with Gasteiger partial charge in [-0.25, -0.2) is 0 Å². The van der Waals surface area contributed by atoms with E-state index < -0.39 is 11.4 Å². The van der Waals surface area contributed by atoms with Gasteiger partial charge in [0, 0.05) is 17.4 Å². The third kappa shape index (κ3) is 4.32. The van der Waals surface area contributed by atoms with Gasteiger partial charge in [-0.2, -0.15) is 0 Å². The first-order chi connectivity index (χ1) is 10.5. The number of carbonyl (C=O) groups excluding carboxylic acids is 1. The van der Waals surface area contributed by atoms with Gasteiger partial charge in [-0.1, -0.05) is 53.4 Å². The number of nitrogens with one attached hydrogen (secondary N) is 1. The van der Waals surface area contributed by atoms with Crippen LogP contribution in [-0.2, 0) is 16.0 Å². The molecule has 22 heavy (non-hydrogen) atoms. The van der Waals surface area contributed by atoms with Crippen molar-refractivity contribution in [3.63, 3.8) is 0 Å². The summed E-state index contributed by atoms with van der Waals surface area (Å²) in [7, 11) is 0. The minimum Gasteiger partial charge on any atom is -0.481 e. The van der Waals surface area contributed by atoms with Gasteiger partial charge in [-0.15, -0.1) is 0 Å². The minimum atomic E-state index is -0.779. The van der Waals surface area contributed by atoms with E-state index in [0.29, 0.717) is 25.7 Å². The van der Waals surface area contributed by atoms with Crippen LogP contribution in [0.4, 0.5) is 0 Å². The summed E-state index contributed by atoms with van der Waals surface area (Å²) >= 11 is 3.47. The predicted molar refractivity (Wildman–Crippen MR) is 88.6 cm³/mol.